The number of rotatable bonds is 9. The SMILES string of the molecule is O=[N+]([O-])c1cc(Cc2ccccc2)cc(/C=N\Nc2nc(Nc3ccccc3)nc(N3CCOCC3)n2)c1O. The summed E-state index contributed by atoms with van der Waals surface area (Å²) in [7, 11) is 0. The maximum absolute atomic E-state index is 11.6. The Morgan fingerprint density at radius 1 is 0.974 bits per heavy atom. The number of nitro groups is 1. The summed E-state index contributed by atoms with van der Waals surface area (Å²) in [5.41, 5.74) is 5.02. The molecule has 0 atom stereocenters. The molecule has 0 unspecified atom stereocenters. The number of aromatic nitrogens is 3. The average Bonchev–Trinajstić information content (AvgIpc) is 2.96. The largest absolute Gasteiger partial charge is 0.502 e. The Kier molecular flexibility index (Phi) is 7.84. The lowest BCUT2D eigenvalue weighted by atomic mass is 10.0. The molecule has 0 aliphatic carbocycles. The number of phenolic OH excluding ortho intramolecular Hbond substituents is 1. The van der Waals surface area contributed by atoms with Crippen molar-refractivity contribution >= 4 is 35.4 Å². The fourth-order valence-corrected chi connectivity index (χ4v) is 4.06. The molecular formula is C27H26N8O4. The molecule has 2 heterocycles. The van der Waals surface area contributed by atoms with Crippen LogP contribution in [0, 0.1) is 10.1 Å². The van der Waals surface area contributed by atoms with Crippen molar-refractivity contribution in [3.8, 4) is 5.75 Å². The van der Waals surface area contributed by atoms with Gasteiger partial charge in [-0.25, -0.2) is 5.43 Å². The second-order valence-corrected chi connectivity index (χ2v) is 8.72. The third-order valence-corrected chi connectivity index (χ3v) is 5.94. The minimum Gasteiger partial charge on any atom is -0.502 e. The molecule has 0 amide bonds. The Labute approximate surface area is 224 Å². The molecule has 39 heavy (non-hydrogen) atoms. The Morgan fingerprint density at radius 3 is 2.38 bits per heavy atom. The van der Waals surface area contributed by atoms with Crippen LogP contribution in [-0.2, 0) is 11.2 Å². The van der Waals surface area contributed by atoms with E-state index in [1.165, 1.54) is 12.3 Å². The van der Waals surface area contributed by atoms with Gasteiger partial charge in [0.1, 0.15) is 0 Å². The molecule has 4 aromatic rings. The van der Waals surface area contributed by atoms with E-state index in [1.807, 2.05) is 65.6 Å². The lowest BCUT2D eigenvalue weighted by Crippen LogP contribution is -2.37. The zero-order chi connectivity index (χ0) is 27.0. The predicted octanol–water partition coefficient (Wildman–Crippen LogP) is 4.10. The number of aromatic hydroxyl groups is 1. The molecule has 1 fully saturated rings. The van der Waals surface area contributed by atoms with Crippen LogP contribution in [0.15, 0.2) is 77.9 Å². The van der Waals surface area contributed by atoms with Gasteiger partial charge in [0.15, 0.2) is 0 Å². The van der Waals surface area contributed by atoms with Gasteiger partial charge in [0.25, 0.3) is 0 Å². The zero-order valence-electron chi connectivity index (χ0n) is 20.9. The van der Waals surface area contributed by atoms with E-state index in [9.17, 15) is 15.2 Å². The van der Waals surface area contributed by atoms with Crippen LogP contribution in [-0.4, -0.2) is 57.5 Å². The fourth-order valence-electron chi connectivity index (χ4n) is 4.06. The van der Waals surface area contributed by atoms with Gasteiger partial charge in [0, 0.05) is 30.4 Å². The highest BCUT2D eigenvalue weighted by atomic mass is 16.6. The second-order valence-electron chi connectivity index (χ2n) is 8.72. The molecule has 12 heteroatoms. The smallest absolute Gasteiger partial charge is 0.311 e. The Morgan fingerprint density at radius 2 is 1.67 bits per heavy atom. The van der Waals surface area contributed by atoms with Crippen LogP contribution < -0.4 is 15.6 Å². The number of para-hydroxylation sites is 1. The first-order valence-electron chi connectivity index (χ1n) is 12.3. The van der Waals surface area contributed by atoms with E-state index in [1.54, 1.807) is 6.07 Å². The van der Waals surface area contributed by atoms with Gasteiger partial charge in [0.2, 0.25) is 23.6 Å². The number of phenols is 1. The van der Waals surface area contributed by atoms with Crippen LogP contribution in [0.3, 0.4) is 0 Å². The second kappa shape index (κ2) is 12.0. The monoisotopic (exact) mass is 526 g/mol. The summed E-state index contributed by atoms with van der Waals surface area (Å²) in [4.78, 5) is 26.4. The molecule has 1 aliphatic heterocycles. The molecule has 3 aromatic carbocycles. The maximum atomic E-state index is 11.6. The van der Waals surface area contributed by atoms with Crippen molar-refractivity contribution in [1.29, 1.82) is 0 Å². The highest BCUT2D eigenvalue weighted by molar-refractivity contribution is 5.86. The van der Waals surface area contributed by atoms with Gasteiger partial charge in [-0.1, -0.05) is 48.5 Å². The number of benzene rings is 3. The summed E-state index contributed by atoms with van der Waals surface area (Å²) in [5, 5.41) is 29.5. The molecule has 0 spiro atoms. The molecule has 1 aliphatic rings. The topological polar surface area (TPSA) is 151 Å². The lowest BCUT2D eigenvalue weighted by molar-refractivity contribution is -0.385. The van der Waals surface area contributed by atoms with E-state index in [0.717, 1.165) is 11.3 Å². The third kappa shape index (κ3) is 6.62. The summed E-state index contributed by atoms with van der Waals surface area (Å²) in [6.07, 6.45) is 1.76. The number of anilines is 4. The summed E-state index contributed by atoms with van der Waals surface area (Å²) in [6.45, 7) is 2.38. The van der Waals surface area contributed by atoms with Crippen LogP contribution in [0.1, 0.15) is 16.7 Å². The molecular weight excluding hydrogens is 500 g/mol. The molecule has 12 nitrogen and oxygen atoms in total. The van der Waals surface area contributed by atoms with Crippen LogP contribution in [0.5, 0.6) is 5.75 Å². The number of nitrogens with zero attached hydrogens (tertiary/aromatic N) is 6. The number of nitrogens with one attached hydrogen (secondary N) is 2. The van der Waals surface area contributed by atoms with Gasteiger partial charge in [-0.05, 0) is 35.7 Å². The average molecular weight is 527 g/mol. The zero-order valence-corrected chi connectivity index (χ0v) is 20.9. The number of morpholine rings is 1. The van der Waals surface area contributed by atoms with Crippen LogP contribution in [0.4, 0.5) is 29.2 Å². The molecule has 1 saturated heterocycles. The molecule has 0 radical (unpaired) electrons. The standard InChI is InChI=1S/C27H26N8O4/c36-24-21(16-20(17-23(24)35(37)38)15-19-7-3-1-4-8-19)18-28-33-26-30-25(29-22-9-5-2-6-10-22)31-27(32-26)34-11-13-39-14-12-34/h1-10,16-18,36H,11-15H2,(H2,29,30,31,32,33)/b28-18-. The highest BCUT2D eigenvalue weighted by Crippen LogP contribution is 2.31. The van der Waals surface area contributed by atoms with Crippen molar-refractivity contribution in [2.45, 2.75) is 6.42 Å². The van der Waals surface area contributed by atoms with Gasteiger partial charge < -0.3 is 20.1 Å². The molecule has 3 N–H and O–H groups in total. The predicted molar refractivity (Wildman–Crippen MR) is 148 cm³/mol. The number of hydrogen-bond acceptors (Lipinski definition) is 11. The summed E-state index contributed by atoms with van der Waals surface area (Å²) in [5.74, 6) is 0.459. The van der Waals surface area contributed by atoms with E-state index in [-0.39, 0.29) is 11.5 Å². The summed E-state index contributed by atoms with van der Waals surface area (Å²) in [6, 6.07) is 22.1. The van der Waals surface area contributed by atoms with Crippen molar-refractivity contribution in [2.24, 2.45) is 5.10 Å². The van der Waals surface area contributed by atoms with Gasteiger partial charge in [-0.3, -0.25) is 10.1 Å². The lowest BCUT2D eigenvalue weighted by Gasteiger charge is -2.27. The molecule has 5 rings (SSSR count). The van der Waals surface area contributed by atoms with Crippen molar-refractivity contribution in [2.75, 3.05) is 41.9 Å². The number of nitro benzene ring substituents is 1. The highest BCUT2D eigenvalue weighted by Gasteiger charge is 2.19. The molecule has 0 saturated carbocycles. The number of hydrazone groups is 1. The summed E-state index contributed by atoms with van der Waals surface area (Å²) >= 11 is 0. The Bertz CT molecular complexity index is 1460. The number of hydrogen-bond donors (Lipinski definition) is 3. The van der Waals surface area contributed by atoms with Crippen molar-refractivity contribution in [1.82, 2.24) is 15.0 Å². The van der Waals surface area contributed by atoms with Crippen molar-refractivity contribution < 1.29 is 14.8 Å². The first-order chi connectivity index (χ1) is 19.0. The van der Waals surface area contributed by atoms with E-state index in [4.69, 9.17) is 4.74 Å². The Balaban J connectivity index is 1.41. The van der Waals surface area contributed by atoms with Crippen molar-refractivity contribution in [3.05, 3.63) is 99.6 Å². The molecule has 1 aromatic heterocycles. The molecule has 0 bridgehead atoms. The fraction of sp³-hybridized carbons (Fsp3) is 0.185. The normalized spacial score (nSPS) is 13.4. The summed E-state index contributed by atoms with van der Waals surface area (Å²) < 4.78 is 5.44. The molecule has 198 valence electrons. The first-order valence-corrected chi connectivity index (χ1v) is 12.3. The van der Waals surface area contributed by atoms with Gasteiger partial charge in [0.05, 0.1) is 24.4 Å². The van der Waals surface area contributed by atoms with E-state index < -0.39 is 16.4 Å². The van der Waals surface area contributed by atoms with E-state index >= 15 is 0 Å². The minimum atomic E-state index is -0.614. The van der Waals surface area contributed by atoms with Crippen molar-refractivity contribution in [3.63, 3.8) is 0 Å². The van der Waals surface area contributed by atoms with Crippen LogP contribution in [0.2, 0.25) is 0 Å². The van der Waals surface area contributed by atoms with Crippen LogP contribution >= 0.6 is 0 Å². The maximum Gasteiger partial charge on any atom is 0.311 e. The van der Waals surface area contributed by atoms with Gasteiger partial charge in [-0.15, -0.1) is 0 Å². The Hall–Kier alpha value is -5.10. The van der Waals surface area contributed by atoms with E-state index in [0.29, 0.717) is 50.2 Å². The number of ether oxygens (including phenoxy) is 1. The van der Waals surface area contributed by atoms with E-state index in [2.05, 4.69) is 30.8 Å². The van der Waals surface area contributed by atoms with Crippen LogP contribution in [0.25, 0.3) is 0 Å². The minimum absolute atomic E-state index is 0.163. The quantitative estimate of drug-likeness (QED) is 0.165. The first kappa shape index (κ1) is 25.5. The van der Waals surface area contributed by atoms with Gasteiger partial charge in [-0.2, -0.15) is 20.1 Å². The third-order valence-electron chi connectivity index (χ3n) is 5.94. The van der Waals surface area contributed by atoms with Gasteiger partial charge >= 0.3 is 5.69 Å².